The van der Waals surface area contributed by atoms with E-state index >= 15 is 0 Å². The van der Waals surface area contributed by atoms with Gasteiger partial charge in [-0.25, -0.2) is 4.99 Å². The van der Waals surface area contributed by atoms with Gasteiger partial charge in [0.05, 0.1) is 17.1 Å². The van der Waals surface area contributed by atoms with Crippen molar-refractivity contribution in [2.24, 2.45) is 15.8 Å². The number of Topliss-reactive ketones (excluding diaryl/α,β-unsaturated/α-hetero) is 1. The molecule has 31 heavy (non-hydrogen) atoms. The maximum absolute atomic E-state index is 13.1. The second kappa shape index (κ2) is 8.46. The topological polar surface area (TPSA) is 58.5 Å². The first-order valence-corrected chi connectivity index (χ1v) is 10.5. The summed E-state index contributed by atoms with van der Waals surface area (Å²) in [6.45, 7) is 12.2. The van der Waals surface area contributed by atoms with Crippen LogP contribution in [0.5, 0.6) is 0 Å². The molecule has 160 valence electrons. The molecule has 0 bridgehead atoms. The third-order valence-corrected chi connectivity index (χ3v) is 5.13. The molecule has 2 aromatic carbocycles. The lowest BCUT2D eigenvalue weighted by Gasteiger charge is -2.31. The van der Waals surface area contributed by atoms with E-state index in [9.17, 15) is 9.59 Å². The van der Waals surface area contributed by atoms with Gasteiger partial charge >= 0.3 is 0 Å². The van der Waals surface area contributed by atoms with Crippen LogP contribution in [0.25, 0.3) is 0 Å². The number of ketones is 1. The SMILES string of the molecule is CC(C)(C)C1=CC(=Nc2ccccc2NC(=O)c2ccccc2)C=C(C(C)(C)C)C1=O. The molecule has 1 aliphatic rings. The zero-order valence-electron chi connectivity index (χ0n) is 19.1. The fourth-order valence-corrected chi connectivity index (χ4v) is 3.39. The Balaban J connectivity index is 2.04. The minimum absolute atomic E-state index is 0.0737. The maximum Gasteiger partial charge on any atom is 0.255 e. The fourth-order valence-electron chi connectivity index (χ4n) is 3.39. The summed E-state index contributed by atoms with van der Waals surface area (Å²) in [5, 5.41) is 2.95. The van der Waals surface area contributed by atoms with Gasteiger partial charge in [-0.2, -0.15) is 0 Å². The van der Waals surface area contributed by atoms with Crippen molar-refractivity contribution in [3.8, 4) is 0 Å². The Bertz CT molecular complexity index is 1060. The number of benzene rings is 2. The van der Waals surface area contributed by atoms with Gasteiger partial charge in [-0.05, 0) is 47.2 Å². The molecule has 0 spiro atoms. The van der Waals surface area contributed by atoms with E-state index in [1.807, 2.05) is 96.2 Å². The second-order valence-corrected chi connectivity index (χ2v) is 9.82. The third kappa shape index (κ3) is 5.26. The normalized spacial score (nSPS) is 14.6. The number of nitrogens with zero attached hydrogens (tertiary/aromatic N) is 1. The molecule has 0 fully saturated rings. The van der Waals surface area contributed by atoms with Gasteiger partial charge in [-0.1, -0.05) is 71.9 Å². The summed E-state index contributed by atoms with van der Waals surface area (Å²) in [5.74, 6) is -0.117. The highest BCUT2D eigenvalue weighted by Gasteiger charge is 2.34. The van der Waals surface area contributed by atoms with Crippen LogP contribution in [-0.4, -0.2) is 17.4 Å². The van der Waals surface area contributed by atoms with Crippen LogP contribution >= 0.6 is 0 Å². The zero-order valence-corrected chi connectivity index (χ0v) is 19.1. The summed E-state index contributed by atoms with van der Waals surface area (Å²) >= 11 is 0. The number of carbonyl (C=O) groups excluding carboxylic acids is 2. The molecule has 0 aromatic heterocycles. The molecule has 1 N–H and O–H groups in total. The highest BCUT2D eigenvalue weighted by Crippen LogP contribution is 2.37. The first-order valence-electron chi connectivity index (χ1n) is 10.5. The van der Waals surface area contributed by atoms with Gasteiger partial charge < -0.3 is 5.32 Å². The van der Waals surface area contributed by atoms with Crippen LogP contribution in [0.15, 0.2) is 82.9 Å². The van der Waals surface area contributed by atoms with Crippen molar-refractivity contribution in [3.63, 3.8) is 0 Å². The van der Waals surface area contributed by atoms with Crippen molar-refractivity contribution in [2.45, 2.75) is 41.5 Å². The van der Waals surface area contributed by atoms with Gasteiger partial charge in [0.15, 0.2) is 5.78 Å². The Morgan fingerprint density at radius 2 is 1.29 bits per heavy atom. The first-order chi connectivity index (χ1) is 14.5. The van der Waals surface area contributed by atoms with Crippen molar-refractivity contribution >= 4 is 28.8 Å². The highest BCUT2D eigenvalue weighted by molar-refractivity contribution is 6.23. The Kier molecular flexibility index (Phi) is 6.12. The first kappa shape index (κ1) is 22.4. The summed E-state index contributed by atoms with van der Waals surface area (Å²) in [7, 11) is 0. The smallest absolute Gasteiger partial charge is 0.255 e. The minimum Gasteiger partial charge on any atom is -0.320 e. The third-order valence-electron chi connectivity index (χ3n) is 5.13. The molecule has 0 radical (unpaired) electrons. The molecule has 0 saturated heterocycles. The van der Waals surface area contributed by atoms with Crippen molar-refractivity contribution in [2.75, 3.05) is 5.32 Å². The van der Waals surface area contributed by atoms with Crippen LogP contribution in [0.4, 0.5) is 11.4 Å². The molecule has 0 unspecified atom stereocenters. The van der Waals surface area contributed by atoms with Crippen LogP contribution in [0, 0.1) is 10.8 Å². The summed E-state index contributed by atoms with van der Waals surface area (Å²) in [6, 6.07) is 16.5. The lowest BCUT2D eigenvalue weighted by atomic mass is 9.72. The van der Waals surface area contributed by atoms with Crippen molar-refractivity contribution in [1.82, 2.24) is 0 Å². The molecular formula is C27H30N2O2. The Hall–Kier alpha value is -3.27. The number of hydrogen-bond donors (Lipinski definition) is 1. The summed E-state index contributed by atoms with van der Waals surface area (Å²) in [4.78, 5) is 30.6. The van der Waals surface area contributed by atoms with Crippen molar-refractivity contribution < 1.29 is 9.59 Å². The average Bonchev–Trinajstić information content (AvgIpc) is 2.69. The van der Waals surface area contributed by atoms with Crippen LogP contribution < -0.4 is 5.32 Å². The van der Waals surface area contributed by atoms with E-state index in [1.54, 1.807) is 12.1 Å². The lowest BCUT2D eigenvalue weighted by Crippen LogP contribution is -2.29. The zero-order chi connectivity index (χ0) is 22.8. The van der Waals surface area contributed by atoms with E-state index in [2.05, 4.69) is 5.32 Å². The molecule has 0 atom stereocenters. The van der Waals surface area contributed by atoms with E-state index in [0.29, 0.717) is 22.6 Å². The molecular weight excluding hydrogens is 384 g/mol. The Labute approximate surface area is 184 Å². The van der Waals surface area contributed by atoms with Crippen molar-refractivity contribution in [1.29, 1.82) is 0 Å². The molecule has 0 aliphatic heterocycles. The number of rotatable bonds is 3. The number of nitrogens with one attached hydrogen (secondary N) is 1. The van der Waals surface area contributed by atoms with E-state index in [4.69, 9.17) is 4.99 Å². The molecule has 1 amide bonds. The largest absolute Gasteiger partial charge is 0.320 e. The molecule has 4 nitrogen and oxygen atoms in total. The summed E-state index contributed by atoms with van der Waals surface area (Å²) in [6.07, 6.45) is 3.74. The van der Waals surface area contributed by atoms with Crippen LogP contribution in [0.1, 0.15) is 51.9 Å². The number of amides is 1. The highest BCUT2D eigenvalue weighted by atomic mass is 16.1. The van der Waals surface area contributed by atoms with Gasteiger partial charge in [-0.3, -0.25) is 9.59 Å². The van der Waals surface area contributed by atoms with Gasteiger partial charge in [0.1, 0.15) is 0 Å². The van der Waals surface area contributed by atoms with Crippen LogP contribution in [-0.2, 0) is 4.79 Å². The molecule has 0 heterocycles. The summed E-state index contributed by atoms with van der Waals surface area (Å²) in [5.41, 5.74) is 3.43. The quantitative estimate of drug-likeness (QED) is 0.580. The van der Waals surface area contributed by atoms with Crippen LogP contribution in [0.3, 0.4) is 0 Å². The number of hydrogen-bond acceptors (Lipinski definition) is 3. The minimum atomic E-state index is -0.302. The van der Waals surface area contributed by atoms with E-state index in [0.717, 1.165) is 11.1 Å². The average molecular weight is 415 g/mol. The standard InChI is InChI=1S/C27H30N2O2/c1-26(2,3)20-16-19(17-21(24(20)30)27(4,5)6)28-22-14-10-11-15-23(22)29-25(31)18-12-8-7-9-13-18/h7-17H,1-6H3,(H,29,31). The monoisotopic (exact) mass is 414 g/mol. The molecule has 2 aromatic rings. The predicted octanol–water partition coefficient (Wildman–Crippen LogP) is 6.54. The number of anilines is 1. The molecule has 1 aliphatic carbocycles. The van der Waals surface area contributed by atoms with Gasteiger partial charge in [0.2, 0.25) is 0 Å². The maximum atomic E-state index is 13.1. The van der Waals surface area contributed by atoms with E-state index in [-0.39, 0.29) is 22.5 Å². The molecule has 3 rings (SSSR count). The Morgan fingerprint density at radius 3 is 1.84 bits per heavy atom. The van der Waals surface area contributed by atoms with Gasteiger partial charge in [0, 0.05) is 16.7 Å². The molecule has 0 saturated carbocycles. The lowest BCUT2D eigenvalue weighted by molar-refractivity contribution is -0.114. The molecule has 4 heteroatoms. The van der Waals surface area contributed by atoms with E-state index < -0.39 is 0 Å². The van der Waals surface area contributed by atoms with Crippen molar-refractivity contribution in [3.05, 3.63) is 83.5 Å². The van der Waals surface area contributed by atoms with Gasteiger partial charge in [0.25, 0.3) is 5.91 Å². The summed E-state index contributed by atoms with van der Waals surface area (Å²) < 4.78 is 0. The second-order valence-electron chi connectivity index (χ2n) is 9.82. The van der Waals surface area contributed by atoms with E-state index in [1.165, 1.54) is 0 Å². The number of aliphatic imine (C=N–C) groups is 1. The number of allylic oxidation sites excluding steroid dienone is 4. The number of carbonyl (C=O) groups is 2. The van der Waals surface area contributed by atoms with Crippen LogP contribution in [0.2, 0.25) is 0 Å². The predicted molar refractivity (Wildman–Crippen MR) is 128 cm³/mol. The number of para-hydroxylation sites is 2. The fraction of sp³-hybridized carbons (Fsp3) is 0.296. The van der Waals surface area contributed by atoms with Gasteiger partial charge in [-0.15, -0.1) is 0 Å². The Morgan fingerprint density at radius 1 is 0.774 bits per heavy atom.